The van der Waals surface area contributed by atoms with Crippen LogP contribution in [0.5, 0.6) is 0 Å². The highest BCUT2D eigenvalue weighted by Crippen LogP contribution is 2.41. The van der Waals surface area contributed by atoms with E-state index in [9.17, 15) is 0 Å². The normalized spacial score (nSPS) is 10.9. The lowest BCUT2D eigenvalue weighted by molar-refractivity contribution is 1.25. The van der Waals surface area contributed by atoms with Gasteiger partial charge in [0.2, 0.25) is 0 Å². The van der Waals surface area contributed by atoms with E-state index in [1.807, 2.05) is 0 Å². The van der Waals surface area contributed by atoms with Gasteiger partial charge in [0, 0.05) is 51.2 Å². The summed E-state index contributed by atoms with van der Waals surface area (Å²) in [6.45, 7) is 4.26. The molecule has 10 aromatic carbocycles. The largest absolute Gasteiger partial charge is 0.311 e. The predicted molar refractivity (Wildman–Crippen MR) is 276 cm³/mol. The summed E-state index contributed by atoms with van der Waals surface area (Å²) in [5, 5.41) is 0. The van der Waals surface area contributed by atoms with Gasteiger partial charge in [0.1, 0.15) is 0 Å². The maximum absolute atomic E-state index is 2.33. The van der Waals surface area contributed by atoms with E-state index in [-0.39, 0.29) is 0 Å². The van der Waals surface area contributed by atoms with Gasteiger partial charge in [-0.05, 0) is 156 Å². The van der Waals surface area contributed by atoms with Crippen LogP contribution in [0, 0.1) is 13.8 Å². The lowest BCUT2D eigenvalue weighted by Crippen LogP contribution is -2.12. The van der Waals surface area contributed by atoms with Crippen molar-refractivity contribution >= 4 is 51.2 Å². The van der Waals surface area contributed by atoms with Gasteiger partial charge < -0.3 is 14.7 Å². The first kappa shape index (κ1) is 40.7. The third-order valence-electron chi connectivity index (χ3n) is 12.0. The maximum atomic E-state index is 2.33. The van der Waals surface area contributed by atoms with Gasteiger partial charge in [-0.3, -0.25) is 0 Å². The summed E-state index contributed by atoms with van der Waals surface area (Å²) in [6, 6.07) is 93.6. The van der Waals surface area contributed by atoms with Crippen molar-refractivity contribution in [1.29, 1.82) is 0 Å². The van der Waals surface area contributed by atoms with E-state index in [0.717, 1.165) is 62.3 Å². The van der Waals surface area contributed by atoms with E-state index >= 15 is 0 Å². The molecular formula is C62H49N3. The van der Waals surface area contributed by atoms with Gasteiger partial charge in [0.15, 0.2) is 0 Å². The highest BCUT2D eigenvalue weighted by Gasteiger charge is 2.18. The third kappa shape index (κ3) is 8.95. The van der Waals surface area contributed by atoms with Crippen LogP contribution in [0.25, 0.3) is 33.4 Å². The number of anilines is 9. The Morgan fingerprint density at radius 2 is 0.338 bits per heavy atom. The number of hydrogen-bond acceptors (Lipinski definition) is 3. The minimum Gasteiger partial charge on any atom is -0.311 e. The smallest absolute Gasteiger partial charge is 0.0463 e. The van der Waals surface area contributed by atoms with Gasteiger partial charge >= 0.3 is 0 Å². The third-order valence-corrected chi connectivity index (χ3v) is 12.0. The molecule has 0 saturated carbocycles. The molecule has 0 aliphatic heterocycles. The maximum Gasteiger partial charge on any atom is 0.0463 e. The van der Waals surface area contributed by atoms with E-state index in [0.29, 0.717) is 0 Å². The van der Waals surface area contributed by atoms with E-state index < -0.39 is 0 Å². The molecule has 65 heavy (non-hydrogen) atoms. The fourth-order valence-corrected chi connectivity index (χ4v) is 8.53. The molecule has 0 bridgehead atoms. The molecular weight excluding hydrogens is 787 g/mol. The second-order valence-corrected chi connectivity index (χ2v) is 16.4. The van der Waals surface area contributed by atoms with Crippen molar-refractivity contribution in [2.24, 2.45) is 0 Å². The van der Waals surface area contributed by atoms with Crippen molar-refractivity contribution in [3.05, 3.63) is 272 Å². The molecule has 312 valence electrons. The first-order chi connectivity index (χ1) is 32.0. The zero-order valence-corrected chi connectivity index (χ0v) is 36.7. The molecule has 0 aliphatic rings. The molecule has 3 heteroatoms. The van der Waals surface area contributed by atoms with Crippen LogP contribution in [0.2, 0.25) is 0 Å². The quantitative estimate of drug-likeness (QED) is 0.121. The molecule has 0 N–H and O–H groups in total. The molecule has 0 unspecified atom stereocenters. The van der Waals surface area contributed by atoms with Gasteiger partial charge in [-0.25, -0.2) is 0 Å². The number of benzene rings is 10. The number of nitrogens with zero attached hydrogens (tertiary/aromatic N) is 3. The van der Waals surface area contributed by atoms with Crippen LogP contribution in [0.3, 0.4) is 0 Å². The monoisotopic (exact) mass is 835 g/mol. The Morgan fingerprint density at radius 3 is 0.585 bits per heavy atom. The average Bonchev–Trinajstić information content (AvgIpc) is 3.38. The fraction of sp³-hybridized carbons (Fsp3) is 0.0323. The molecule has 0 heterocycles. The summed E-state index contributed by atoms with van der Waals surface area (Å²) in [7, 11) is 0. The van der Waals surface area contributed by atoms with Crippen LogP contribution in [-0.4, -0.2) is 0 Å². The standard InChI is InChI=1S/C62H49N3/c1-46-18-30-55(31-19-46)64(56-32-20-47(2)21-33-56)62-44-42-61(43-45-62)63(54-16-10-5-11-17-54)57-38-26-52(27-39-57)53-28-40-60(41-29-53)65(58-34-22-50(23-35-58)48-12-6-3-7-13-48)59-36-24-51(25-37-59)49-14-8-4-9-15-49/h3-45H,1-2H3. The minimum absolute atomic E-state index is 1.08. The zero-order chi connectivity index (χ0) is 44.0. The predicted octanol–water partition coefficient (Wildman–Crippen LogP) is 17.7. The molecule has 10 rings (SSSR count). The van der Waals surface area contributed by atoms with Gasteiger partial charge in [-0.15, -0.1) is 0 Å². The fourth-order valence-electron chi connectivity index (χ4n) is 8.53. The van der Waals surface area contributed by atoms with E-state index in [4.69, 9.17) is 0 Å². The van der Waals surface area contributed by atoms with E-state index in [2.05, 4.69) is 289 Å². The first-order valence-corrected chi connectivity index (χ1v) is 22.2. The summed E-state index contributed by atoms with van der Waals surface area (Å²) < 4.78 is 0. The molecule has 0 atom stereocenters. The van der Waals surface area contributed by atoms with E-state index in [1.54, 1.807) is 0 Å². The highest BCUT2D eigenvalue weighted by molar-refractivity contribution is 5.84. The van der Waals surface area contributed by atoms with Crippen molar-refractivity contribution in [1.82, 2.24) is 0 Å². The molecule has 0 aliphatic carbocycles. The zero-order valence-electron chi connectivity index (χ0n) is 36.7. The van der Waals surface area contributed by atoms with E-state index in [1.165, 1.54) is 33.4 Å². The summed E-state index contributed by atoms with van der Waals surface area (Å²) in [6.07, 6.45) is 0. The Kier molecular flexibility index (Phi) is 11.6. The van der Waals surface area contributed by atoms with Gasteiger partial charge in [0.25, 0.3) is 0 Å². The first-order valence-electron chi connectivity index (χ1n) is 22.2. The van der Waals surface area contributed by atoms with Crippen molar-refractivity contribution in [3.63, 3.8) is 0 Å². The molecule has 0 saturated heterocycles. The van der Waals surface area contributed by atoms with Crippen LogP contribution >= 0.6 is 0 Å². The van der Waals surface area contributed by atoms with Crippen molar-refractivity contribution < 1.29 is 0 Å². The van der Waals surface area contributed by atoms with Crippen LogP contribution in [0.4, 0.5) is 51.2 Å². The topological polar surface area (TPSA) is 9.72 Å². The van der Waals surface area contributed by atoms with Crippen molar-refractivity contribution in [2.75, 3.05) is 14.7 Å². The second-order valence-electron chi connectivity index (χ2n) is 16.4. The molecule has 0 spiro atoms. The number of para-hydroxylation sites is 1. The van der Waals surface area contributed by atoms with Gasteiger partial charge in [0.05, 0.1) is 0 Å². The Hall–Kier alpha value is -8.40. The van der Waals surface area contributed by atoms with Crippen LogP contribution < -0.4 is 14.7 Å². The molecule has 0 amide bonds. The SMILES string of the molecule is Cc1ccc(N(c2ccc(C)cc2)c2ccc(N(c3ccccc3)c3ccc(-c4ccc(N(c5ccc(-c6ccccc6)cc5)c5ccc(-c6ccccc6)cc5)cc4)cc3)cc2)cc1. The summed E-state index contributed by atoms with van der Waals surface area (Å²) in [4.78, 5) is 6.97. The Bertz CT molecular complexity index is 2950. The van der Waals surface area contributed by atoms with Crippen LogP contribution in [-0.2, 0) is 0 Å². The van der Waals surface area contributed by atoms with Crippen molar-refractivity contribution in [2.45, 2.75) is 13.8 Å². The summed E-state index contributed by atoms with van der Waals surface area (Å²) in [5.41, 5.74) is 19.5. The lowest BCUT2D eigenvalue weighted by atomic mass is 10.0. The average molecular weight is 836 g/mol. The number of rotatable bonds is 12. The van der Waals surface area contributed by atoms with Crippen LogP contribution in [0.1, 0.15) is 11.1 Å². The molecule has 0 aromatic heterocycles. The van der Waals surface area contributed by atoms with Crippen LogP contribution in [0.15, 0.2) is 261 Å². The Balaban J connectivity index is 0.945. The summed E-state index contributed by atoms with van der Waals surface area (Å²) >= 11 is 0. The minimum atomic E-state index is 1.08. The summed E-state index contributed by atoms with van der Waals surface area (Å²) in [5.74, 6) is 0. The number of aryl methyl sites for hydroxylation is 2. The van der Waals surface area contributed by atoms with Gasteiger partial charge in [-0.2, -0.15) is 0 Å². The molecule has 0 radical (unpaired) electrons. The molecule has 0 fully saturated rings. The Labute approximate surface area is 383 Å². The van der Waals surface area contributed by atoms with Crippen molar-refractivity contribution in [3.8, 4) is 33.4 Å². The molecule has 3 nitrogen and oxygen atoms in total. The Morgan fingerprint density at radius 1 is 0.169 bits per heavy atom. The highest BCUT2D eigenvalue weighted by atomic mass is 15.2. The lowest BCUT2D eigenvalue weighted by Gasteiger charge is -2.28. The van der Waals surface area contributed by atoms with Gasteiger partial charge in [-0.1, -0.05) is 163 Å². The number of hydrogen-bond donors (Lipinski definition) is 0. The second kappa shape index (κ2) is 18.5. The molecule has 10 aromatic rings.